The molecule has 1 heterocycles. The van der Waals surface area contributed by atoms with E-state index in [1.807, 2.05) is 0 Å². The third kappa shape index (κ3) is 6.32. The van der Waals surface area contributed by atoms with Gasteiger partial charge in [0.05, 0.1) is 0 Å². The molecule has 2 aliphatic rings. The Morgan fingerprint density at radius 2 is 0.985 bits per heavy atom. The number of allylic oxidation sites excluding steroid dienone is 2. The van der Waals surface area contributed by atoms with Gasteiger partial charge in [-0.3, -0.25) is 0 Å². The Morgan fingerprint density at radius 1 is 0.358 bits per heavy atom. The molecule has 0 N–H and O–H groups in total. The molecule has 0 bridgehead atoms. The number of hydrogen-bond acceptors (Lipinski definition) is 2. The van der Waals surface area contributed by atoms with Crippen LogP contribution >= 0.6 is 0 Å². The minimum atomic E-state index is -0.548. The minimum absolute atomic E-state index is 0.548. The molecule has 2 heteroatoms. The van der Waals surface area contributed by atoms with Gasteiger partial charge in [0.25, 0.3) is 0 Å². The van der Waals surface area contributed by atoms with Crippen molar-refractivity contribution >= 4 is 60.2 Å². The van der Waals surface area contributed by atoms with Crippen molar-refractivity contribution < 1.29 is 0 Å². The lowest BCUT2D eigenvalue weighted by molar-refractivity contribution is 0.242. The van der Waals surface area contributed by atoms with E-state index in [4.69, 9.17) is 0 Å². The molecule has 0 saturated carbocycles. The second-order valence-corrected chi connectivity index (χ2v) is 17.9. The summed E-state index contributed by atoms with van der Waals surface area (Å²) in [7, 11) is 0. The molecule has 1 aliphatic heterocycles. The number of anilines is 3. The molecule has 316 valence electrons. The van der Waals surface area contributed by atoms with Crippen LogP contribution < -0.4 is 4.90 Å². The summed E-state index contributed by atoms with van der Waals surface area (Å²) in [5.74, 6) is 0. The van der Waals surface area contributed by atoms with Gasteiger partial charge >= 0.3 is 0 Å². The van der Waals surface area contributed by atoms with E-state index < -0.39 is 5.54 Å². The third-order valence-electron chi connectivity index (χ3n) is 14.3. The maximum Gasteiger partial charge on any atom is 0.117 e. The van der Waals surface area contributed by atoms with Crippen LogP contribution in [0.5, 0.6) is 0 Å². The molecule has 0 aromatic heterocycles. The summed E-state index contributed by atoms with van der Waals surface area (Å²) in [6.45, 7) is 0.887. The molecule has 13 rings (SSSR count). The van der Waals surface area contributed by atoms with Gasteiger partial charge < -0.3 is 9.80 Å². The molecule has 67 heavy (non-hydrogen) atoms. The molecule has 1 atom stereocenters. The third-order valence-corrected chi connectivity index (χ3v) is 14.3. The van der Waals surface area contributed by atoms with E-state index >= 15 is 0 Å². The van der Waals surface area contributed by atoms with Crippen molar-refractivity contribution in [2.75, 3.05) is 11.4 Å². The van der Waals surface area contributed by atoms with Gasteiger partial charge in [0.15, 0.2) is 0 Å². The van der Waals surface area contributed by atoms with E-state index in [0.29, 0.717) is 0 Å². The average molecular weight is 855 g/mol. The molecule has 0 spiro atoms. The van der Waals surface area contributed by atoms with Gasteiger partial charge in [-0.25, -0.2) is 0 Å². The first-order valence-electron chi connectivity index (χ1n) is 23.5. The fourth-order valence-corrected chi connectivity index (χ4v) is 11.3. The van der Waals surface area contributed by atoms with Gasteiger partial charge in [-0.15, -0.1) is 0 Å². The van der Waals surface area contributed by atoms with E-state index in [-0.39, 0.29) is 0 Å². The van der Waals surface area contributed by atoms with Gasteiger partial charge in [-0.05, 0) is 154 Å². The van der Waals surface area contributed by atoms with Crippen molar-refractivity contribution in [3.63, 3.8) is 0 Å². The maximum atomic E-state index is 2.58. The predicted octanol–water partition coefficient (Wildman–Crippen LogP) is 17.2. The second-order valence-electron chi connectivity index (χ2n) is 17.9. The Kier molecular flexibility index (Phi) is 9.25. The molecule has 1 aliphatic carbocycles. The predicted molar refractivity (Wildman–Crippen MR) is 283 cm³/mol. The number of rotatable bonds is 7. The van der Waals surface area contributed by atoms with Gasteiger partial charge in [0.2, 0.25) is 0 Å². The summed E-state index contributed by atoms with van der Waals surface area (Å²) >= 11 is 0. The topological polar surface area (TPSA) is 6.48 Å². The Balaban J connectivity index is 1.01. The zero-order valence-corrected chi connectivity index (χ0v) is 37.1. The summed E-state index contributed by atoms with van der Waals surface area (Å²) in [5, 5.41) is 10.1. The van der Waals surface area contributed by atoms with Crippen molar-refractivity contribution in [1.29, 1.82) is 0 Å². The summed E-state index contributed by atoms with van der Waals surface area (Å²) in [5.41, 5.74) is 13.9. The SMILES string of the molecule is C1=CCCN(C2(c3ccccc3)c3ccccc3-c3ccc(N(c4ccc(-c5cc6ccccc6c6ccccc56)cc4)c4cccc(-c5ccc6ccc7ccccc7c6c5)c4)cc32)C=C1. The zero-order valence-electron chi connectivity index (χ0n) is 37.1. The molecule has 2 nitrogen and oxygen atoms in total. The Labute approximate surface area is 391 Å². The van der Waals surface area contributed by atoms with Crippen LogP contribution in [0.2, 0.25) is 0 Å². The largest absolute Gasteiger partial charge is 0.360 e. The zero-order chi connectivity index (χ0) is 44.3. The Morgan fingerprint density at radius 3 is 1.84 bits per heavy atom. The Hall–Kier alpha value is -8.46. The van der Waals surface area contributed by atoms with Crippen LogP contribution in [0.3, 0.4) is 0 Å². The lowest BCUT2D eigenvalue weighted by Crippen LogP contribution is -2.44. The van der Waals surface area contributed by atoms with Crippen LogP contribution in [-0.2, 0) is 5.54 Å². The second kappa shape index (κ2) is 15.9. The normalized spacial score (nSPS) is 15.3. The van der Waals surface area contributed by atoms with E-state index in [0.717, 1.165) is 30.0 Å². The quantitative estimate of drug-likeness (QED) is 0.147. The van der Waals surface area contributed by atoms with Crippen LogP contribution in [0, 0.1) is 0 Å². The molecule has 0 saturated heterocycles. The lowest BCUT2D eigenvalue weighted by Gasteiger charge is -2.43. The van der Waals surface area contributed by atoms with Crippen LogP contribution in [0.15, 0.2) is 255 Å². The van der Waals surface area contributed by atoms with E-state index in [1.54, 1.807) is 0 Å². The van der Waals surface area contributed by atoms with Gasteiger partial charge in [0, 0.05) is 29.8 Å². The van der Waals surface area contributed by atoms with Crippen LogP contribution in [0.1, 0.15) is 23.1 Å². The smallest absolute Gasteiger partial charge is 0.117 e. The lowest BCUT2D eigenvalue weighted by atomic mass is 9.78. The highest BCUT2D eigenvalue weighted by Gasteiger charge is 2.48. The van der Waals surface area contributed by atoms with Crippen molar-refractivity contribution in [1.82, 2.24) is 4.90 Å². The average Bonchev–Trinajstić information content (AvgIpc) is 3.49. The van der Waals surface area contributed by atoms with Crippen LogP contribution in [0.25, 0.3) is 76.5 Å². The van der Waals surface area contributed by atoms with E-state index in [2.05, 4.69) is 265 Å². The van der Waals surface area contributed by atoms with Crippen molar-refractivity contribution in [3.8, 4) is 33.4 Å². The molecule has 0 radical (unpaired) electrons. The highest BCUT2D eigenvalue weighted by Crippen LogP contribution is 2.56. The molecular weight excluding hydrogens is 809 g/mol. The van der Waals surface area contributed by atoms with Crippen molar-refractivity contribution in [3.05, 3.63) is 272 Å². The first-order valence-corrected chi connectivity index (χ1v) is 23.5. The van der Waals surface area contributed by atoms with E-state index in [1.165, 1.54) is 93.2 Å². The first-order chi connectivity index (χ1) is 33.2. The van der Waals surface area contributed by atoms with Crippen molar-refractivity contribution in [2.24, 2.45) is 0 Å². The van der Waals surface area contributed by atoms with Gasteiger partial charge in [-0.2, -0.15) is 0 Å². The summed E-state index contributed by atoms with van der Waals surface area (Å²) in [6, 6.07) is 85.7. The summed E-state index contributed by atoms with van der Waals surface area (Å²) in [6.07, 6.45) is 9.94. The number of nitrogens with zero attached hydrogens (tertiary/aromatic N) is 2. The van der Waals surface area contributed by atoms with Crippen LogP contribution in [0.4, 0.5) is 17.1 Å². The highest BCUT2D eigenvalue weighted by atomic mass is 15.2. The molecule has 0 amide bonds. The van der Waals surface area contributed by atoms with Gasteiger partial charge in [0.1, 0.15) is 5.54 Å². The molecule has 11 aromatic carbocycles. The molecule has 1 unspecified atom stereocenters. The highest BCUT2D eigenvalue weighted by molar-refractivity contribution is 6.14. The van der Waals surface area contributed by atoms with Gasteiger partial charge in [-0.1, -0.05) is 194 Å². The minimum Gasteiger partial charge on any atom is -0.360 e. The number of fused-ring (bicyclic) bond motifs is 9. The first kappa shape index (κ1) is 39.0. The summed E-state index contributed by atoms with van der Waals surface area (Å²) < 4.78 is 0. The molecule has 0 fully saturated rings. The fraction of sp³-hybridized carbons (Fsp3) is 0.0462. The summed E-state index contributed by atoms with van der Waals surface area (Å²) in [4.78, 5) is 5.04. The Bertz CT molecular complexity index is 3770. The fourth-order valence-electron chi connectivity index (χ4n) is 11.3. The number of benzene rings is 11. The standard InChI is InChI=1S/C65H46N2/c1-2-15-40-66(39-14-1)65(51-20-4-3-5-21-51)63-28-13-12-27-59(63)60-38-37-54(44-64(60)65)67(52-35-33-47(34-36-52)62-43-50-18-7-9-24-56(50)57-25-10-11-26-58(57)62)53-22-16-19-48(41-53)49-32-31-46-30-29-45-17-6-8-23-55(45)61(46)42-49/h1-14,16-39,41-44H,15,40H2. The maximum absolute atomic E-state index is 2.58. The number of hydrogen-bond donors (Lipinski definition) is 0. The van der Waals surface area contributed by atoms with Crippen LogP contribution in [-0.4, -0.2) is 11.4 Å². The monoisotopic (exact) mass is 854 g/mol. The van der Waals surface area contributed by atoms with E-state index in [9.17, 15) is 0 Å². The molecular formula is C65H46N2. The molecule has 11 aromatic rings. The van der Waals surface area contributed by atoms with Crippen molar-refractivity contribution in [2.45, 2.75) is 12.0 Å².